The molecule has 0 saturated carbocycles. The molecule has 150 valence electrons. The number of carbonyl (C=O) groups is 1. The Kier molecular flexibility index (Phi) is 5.62. The maximum absolute atomic E-state index is 13.6. The standard InChI is InChI=1S/C23H24FN3O2/c1-29-15-5-13-25-23(28)27-16-18-6-2-3-7-20(18)26-14-4-8-21(26)22(27)17-9-11-19(24)12-10-17/h2-4,6-12,14,22H,5,13,15-16H2,1H3,(H,25,28)/t22-/m1/s1. The molecule has 0 aliphatic carbocycles. The van der Waals surface area contributed by atoms with Gasteiger partial charge in [-0.05, 0) is 47.9 Å². The quantitative estimate of drug-likeness (QED) is 0.658. The van der Waals surface area contributed by atoms with Gasteiger partial charge >= 0.3 is 6.03 Å². The number of urea groups is 1. The molecule has 2 heterocycles. The van der Waals surface area contributed by atoms with Crippen molar-refractivity contribution in [3.8, 4) is 5.69 Å². The summed E-state index contributed by atoms with van der Waals surface area (Å²) in [7, 11) is 1.65. The molecule has 3 aromatic rings. The molecule has 1 atom stereocenters. The molecule has 0 spiro atoms. The summed E-state index contributed by atoms with van der Waals surface area (Å²) in [6.07, 6.45) is 2.74. The number of halogens is 1. The van der Waals surface area contributed by atoms with Crippen molar-refractivity contribution in [1.29, 1.82) is 0 Å². The van der Waals surface area contributed by atoms with Crippen molar-refractivity contribution >= 4 is 6.03 Å². The maximum atomic E-state index is 13.6. The van der Waals surface area contributed by atoms with Crippen LogP contribution in [0.1, 0.15) is 29.3 Å². The molecular weight excluding hydrogens is 369 g/mol. The van der Waals surface area contributed by atoms with E-state index in [0.29, 0.717) is 19.7 Å². The molecule has 2 aromatic carbocycles. The Morgan fingerprint density at radius 3 is 2.72 bits per heavy atom. The predicted molar refractivity (Wildman–Crippen MR) is 109 cm³/mol. The number of nitrogens with zero attached hydrogens (tertiary/aromatic N) is 2. The molecule has 1 aliphatic rings. The largest absolute Gasteiger partial charge is 0.385 e. The number of fused-ring (bicyclic) bond motifs is 3. The molecule has 29 heavy (non-hydrogen) atoms. The third kappa shape index (κ3) is 3.89. The molecule has 0 radical (unpaired) electrons. The van der Waals surface area contributed by atoms with Gasteiger partial charge in [-0.3, -0.25) is 0 Å². The maximum Gasteiger partial charge on any atom is 0.318 e. The SMILES string of the molecule is COCCCNC(=O)N1Cc2ccccc2-n2cccc2[C@H]1c1ccc(F)cc1. The summed E-state index contributed by atoms with van der Waals surface area (Å²) in [5.74, 6) is -0.295. The summed E-state index contributed by atoms with van der Waals surface area (Å²) >= 11 is 0. The van der Waals surface area contributed by atoms with Gasteiger partial charge < -0.3 is 19.5 Å². The van der Waals surface area contributed by atoms with Gasteiger partial charge in [0.05, 0.1) is 18.3 Å². The molecule has 0 fully saturated rings. The fourth-order valence-electron chi connectivity index (χ4n) is 3.85. The minimum Gasteiger partial charge on any atom is -0.385 e. The highest BCUT2D eigenvalue weighted by Crippen LogP contribution is 2.36. The van der Waals surface area contributed by atoms with Crippen molar-refractivity contribution in [2.24, 2.45) is 0 Å². The van der Waals surface area contributed by atoms with E-state index in [1.54, 1.807) is 19.2 Å². The molecule has 1 N–H and O–H groups in total. The van der Waals surface area contributed by atoms with Crippen molar-refractivity contribution in [2.75, 3.05) is 20.3 Å². The minimum absolute atomic E-state index is 0.153. The first-order valence-corrected chi connectivity index (χ1v) is 9.73. The van der Waals surface area contributed by atoms with Gasteiger partial charge in [0, 0.05) is 32.2 Å². The highest BCUT2D eigenvalue weighted by Gasteiger charge is 2.32. The normalized spacial score (nSPS) is 15.4. The Hall–Kier alpha value is -3.12. The van der Waals surface area contributed by atoms with Crippen LogP contribution in [0.2, 0.25) is 0 Å². The van der Waals surface area contributed by atoms with E-state index in [2.05, 4.69) is 16.0 Å². The number of benzene rings is 2. The lowest BCUT2D eigenvalue weighted by Crippen LogP contribution is -2.42. The number of hydrogen-bond donors (Lipinski definition) is 1. The molecule has 5 nitrogen and oxygen atoms in total. The highest BCUT2D eigenvalue weighted by molar-refractivity contribution is 5.76. The van der Waals surface area contributed by atoms with E-state index in [1.807, 2.05) is 41.4 Å². The Morgan fingerprint density at radius 2 is 1.93 bits per heavy atom. The lowest BCUT2D eigenvalue weighted by molar-refractivity contribution is 0.174. The zero-order valence-electron chi connectivity index (χ0n) is 16.3. The van der Waals surface area contributed by atoms with Crippen LogP contribution >= 0.6 is 0 Å². The first kappa shape index (κ1) is 19.2. The number of rotatable bonds is 5. The monoisotopic (exact) mass is 393 g/mol. The second kappa shape index (κ2) is 8.49. The number of ether oxygens (including phenoxy) is 1. The van der Waals surface area contributed by atoms with E-state index in [-0.39, 0.29) is 17.9 Å². The Morgan fingerprint density at radius 1 is 1.14 bits per heavy atom. The van der Waals surface area contributed by atoms with E-state index in [9.17, 15) is 9.18 Å². The fraction of sp³-hybridized carbons (Fsp3) is 0.261. The number of carbonyl (C=O) groups excluding carboxylic acids is 1. The molecule has 2 amide bonds. The zero-order chi connectivity index (χ0) is 20.2. The number of hydrogen-bond acceptors (Lipinski definition) is 2. The third-order valence-electron chi connectivity index (χ3n) is 5.21. The summed E-state index contributed by atoms with van der Waals surface area (Å²) in [6.45, 7) is 1.57. The van der Waals surface area contributed by atoms with E-state index in [0.717, 1.165) is 28.9 Å². The molecule has 6 heteroatoms. The summed E-state index contributed by atoms with van der Waals surface area (Å²) in [4.78, 5) is 15.0. The van der Waals surface area contributed by atoms with Crippen LogP contribution in [-0.4, -0.2) is 35.8 Å². The van der Waals surface area contributed by atoms with Crippen LogP contribution in [0.4, 0.5) is 9.18 Å². The van der Waals surface area contributed by atoms with E-state index in [1.165, 1.54) is 12.1 Å². The van der Waals surface area contributed by atoms with Crippen molar-refractivity contribution < 1.29 is 13.9 Å². The van der Waals surface area contributed by atoms with E-state index >= 15 is 0 Å². The molecule has 0 unspecified atom stereocenters. The Balaban J connectivity index is 1.76. The smallest absolute Gasteiger partial charge is 0.318 e. The first-order valence-electron chi connectivity index (χ1n) is 9.73. The average molecular weight is 393 g/mol. The summed E-state index contributed by atoms with van der Waals surface area (Å²) in [5.41, 5.74) is 3.94. The topological polar surface area (TPSA) is 46.5 Å². The van der Waals surface area contributed by atoms with Crippen LogP contribution < -0.4 is 5.32 Å². The zero-order valence-corrected chi connectivity index (χ0v) is 16.3. The van der Waals surface area contributed by atoms with Crippen molar-refractivity contribution in [3.63, 3.8) is 0 Å². The number of methoxy groups -OCH3 is 1. The fourth-order valence-corrected chi connectivity index (χ4v) is 3.85. The minimum atomic E-state index is -0.333. The number of aromatic nitrogens is 1. The first-order chi connectivity index (χ1) is 14.2. The predicted octanol–water partition coefficient (Wildman–Crippen LogP) is 4.27. The summed E-state index contributed by atoms with van der Waals surface area (Å²) < 4.78 is 20.8. The second-order valence-electron chi connectivity index (χ2n) is 7.09. The van der Waals surface area contributed by atoms with Crippen LogP contribution in [0.25, 0.3) is 5.69 Å². The molecule has 1 aliphatic heterocycles. The van der Waals surface area contributed by atoms with E-state index in [4.69, 9.17) is 4.74 Å². The van der Waals surface area contributed by atoms with Gasteiger partial charge in [0.2, 0.25) is 0 Å². The number of para-hydroxylation sites is 1. The van der Waals surface area contributed by atoms with Gasteiger partial charge in [0.1, 0.15) is 5.82 Å². The second-order valence-corrected chi connectivity index (χ2v) is 7.09. The van der Waals surface area contributed by atoms with Gasteiger partial charge in [0.15, 0.2) is 0 Å². The third-order valence-corrected chi connectivity index (χ3v) is 5.21. The van der Waals surface area contributed by atoms with Crippen LogP contribution in [0.15, 0.2) is 66.9 Å². The molecule has 0 bridgehead atoms. The summed E-state index contributed by atoms with van der Waals surface area (Å²) in [5, 5.41) is 3.00. The Bertz CT molecular complexity index is 984. The van der Waals surface area contributed by atoms with Crippen LogP contribution in [0.3, 0.4) is 0 Å². The molecule has 0 saturated heterocycles. The van der Waals surface area contributed by atoms with Crippen LogP contribution in [0, 0.1) is 5.82 Å². The van der Waals surface area contributed by atoms with Crippen molar-refractivity contribution in [2.45, 2.75) is 19.0 Å². The average Bonchev–Trinajstić information content (AvgIpc) is 3.16. The summed E-state index contributed by atoms with van der Waals surface area (Å²) in [6, 6.07) is 18.0. The van der Waals surface area contributed by atoms with Gasteiger partial charge in [-0.15, -0.1) is 0 Å². The molecule has 1 aromatic heterocycles. The van der Waals surface area contributed by atoms with Gasteiger partial charge in [-0.25, -0.2) is 9.18 Å². The number of nitrogens with one attached hydrogen (secondary N) is 1. The van der Waals surface area contributed by atoms with Gasteiger partial charge in [0.25, 0.3) is 0 Å². The van der Waals surface area contributed by atoms with Gasteiger partial charge in [-0.1, -0.05) is 30.3 Å². The van der Waals surface area contributed by atoms with Crippen molar-refractivity contribution in [3.05, 3.63) is 89.5 Å². The van der Waals surface area contributed by atoms with Crippen LogP contribution in [-0.2, 0) is 11.3 Å². The number of amides is 2. The van der Waals surface area contributed by atoms with Crippen LogP contribution in [0.5, 0.6) is 0 Å². The van der Waals surface area contributed by atoms with Crippen molar-refractivity contribution in [1.82, 2.24) is 14.8 Å². The highest BCUT2D eigenvalue weighted by atomic mass is 19.1. The molecular formula is C23H24FN3O2. The Labute approximate surface area is 169 Å². The lowest BCUT2D eigenvalue weighted by atomic mass is 10.0. The van der Waals surface area contributed by atoms with E-state index < -0.39 is 0 Å². The molecule has 4 rings (SSSR count). The lowest BCUT2D eigenvalue weighted by Gasteiger charge is -2.31. The van der Waals surface area contributed by atoms with Gasteiger partial charge in [-0.2, -0.15) is 0 Å².